The van der Waals surface area contributed by atoms with Gasteiger partial charge in [0.05, 0.1) is 0 Å². The van der Waals surface area contributed by atoms with Crippen molar-refractivity contribution in [3.05, 3.63) is 12.2 Å². The zero-order chi connectivity index (χ0) is 11.5. The van der Waals surface area contributed by atoms with Gasteiger partial charge in [-0.25, -0.2) is 0 Å². The summed E-state index contributed by atoms with van der Waals surface area (Å²) in [6.45, 7) is 8.14. The van der Waals surface area contributed by atoms with E-state index in [1.807, 2.05) is 19.9 Å². The zero-order valence-corrected chi connectivity index (χ0v) is 9.89. The van der Waals surface area contributed by atoms with Crippen molar-refractivity contribution < 1.29 is 9.59 Å². The molecule has 2 atom stereocenters. The molecule has 0 aromatic heterocycles. The molecule has 2 heteroatoms. The predicted molar refractivity (Wildman–Crippen MR) is 58.4 cm³/mol. The Morgan fingerprint density at radius 2 is 1.67 bits per heavy atom. The SMILES string of the molecule is CC1(C)C(=O)C[C@@]2(C)C=CC(=O)C[C@@]12C. The van der Waals surface area contributed by atoms with Crippen LogP contribution in [0.3, 0.4) is 0 Å². The van der Waals surface area contributed by atoms with Gasteiger partial charge in [0, 0.05) is 18.3 Å². The average molecular weight is 206 g/mol. The second-order valence-electron chi connectivity index (χ2n) is 5.95. The molecule has 82 valence electrons. The monoisotopic (exact) mass is 206 g/mol. The highest BCUT2D eigenvalue weighted by Gasteiger charge is 2.63. The molecular weight excluding hydrogens is 188 g/mol. The third kappa shape index (κ3) is 1.05. The minimum atomic E-state index is -0.387. The van der Waals surface area contributed by atoms with E-state index < -0.39 is 0 Å². The summed E-state index contributed by atoms with van der Waals surface area (Å²) in [5, 5.41) is 0. The zero-order valence-electron chi connectivity index (χ0n) is 9.89. The van der Waals surface area contributed by atoms with Crippen molar-refractivity contribution in [3.8, 4) is 0 Å². The van der Waals surface area contributed by atoms with Gasteiger partial charge in [0.2, 0.25) is 0 Å². The van der Waals surface area contributed by atoms with Crippen LogP contribution in [0.4, 0.5) is 0 Å². The lowest BCUT2D eigenvalue weighted by atomic mass is 9.55. The number of fused-ring (bicyclic) bond motifs is 1. The van der Waals surface area contributed by atoms with Crippen LogP contribution in [0.1, 0.15) is 40.5 Å². The van der Waals surface area contributed by atoms with Crippen LogP contribution in [0.2, 0.25) is 0 Å². The number of carbonyl (C=O) groups excluding carboxylic acids is 2. The fourth-order valence-electron chi connectivity index (χ4n) is 3.12. The molecule has 0 aromatic carbocycles. The second kappa shape index (κ2) is 2.60. The van der Waals surface area contributed by atoms with E-state index in [1.165, 1.54) is 0 Å². The van der Waals surface area contributed by atoms with Gasteiger partial charge in [-0.05, 0) is 16.9 Å². The lowest BCUT2D eigenvalue weighted by molar-refractivity contribution is -0.129. The highest BCUT2D eigenvalue weighted by molar-refractivity contribution is 5.96. The first-order chi connectivity index (χ1) is 6.73. The number of allylic oxidation sites excluding steroid dienone is 2. The van der Waals surface area contributed by atoms with Crippen molar-refractivity contribution in [1.29, 1.82) is 0 Å². The molecule has 2 nitrogen and oxygen atoms in total. The lowest BCUT2D eigenvalue weighted by Crippen LogP contribution is -2.45. The molecule has 0 unspecified atom stereocenters. The van der Waals surface area contributed by atoms with Crippen molar-refractivity contribution in [2.45, 2.75) is 40.5 Å². The molecule has 2 aliphatic carbocycles. The molecule has 1 fully saturated rings. The van der Waals surface area contributed by atoms with Gasteiger partial charge in [-0.15, -0.1) is 0 Å². The molecule has 0 saturated heterocycles. The first-order valence-electron chi connectivity index (χ1n) is 5.48. The van der Waals surface area contributed by atoms with Crippen LogP contribution in [0.25, 0.3) is 0 Å². The van der Waals surface area contributed by atoms with Crippen molar-refractivity contribution in [2.75, 3.05) is 0 Å². The van der Waals surface area contributed by atoms with Gasteiger partial charge in [0.25, 0.3) is 0 Å². The molecule has 15 heavy (non-hydrogen) atoms. The van der Waals surface area contributed by atoms with Gasteiger partial charge >= 0.3 is 0 Å². The number of hydrogen-bond acceptors (Lipinski definition) is 2. The van der Waals surface area contributed by atoms with E-state index >= 15 is 0 Å². The van der Waals surface area contributed by atoms with Gasteiger partial charge in [-0.3, -0.25) is 9.59 Å². The van der Waals surface area contributed by atoms with Crippen LogP contribution >= 0.6 is 0 Å². The molecule has 0 aromatic rings. The lowest BCUT2D eigenvalue weighted by Gasteiger charge is -2.47. The molecule has 0 N–H and O–H groups in total. The summed E-state index contributed by atoms with van der Waals surface area (Å²) in [4.78, 5) is 23.6. The Morgan fingerprint density at radius 1 is 1.07 bits per heavy atom. The van der Waals surface area contributed by atoms with Crippen molar-refractivity contribution >= 4 is 11.6 Å². The average Bonchev–Trinajstić information content (AvgIpc) is 2.23. The molecule has 0 bridgehead atoms. The van der Waals surface area contributed by atoms with Crippen LogP contribution in [0.15, 0.2) is 12.2 Å². The Balaban J connectivity index is 2.60. The van der Waals surface area contributed by atoms with Gasteiger partial charge in [-0.1, -0.05) is 33.8 Å². The summed E-state index contributed by atoms with van der Waals surface area (Å²) >= 11 is 0. The minimum Gasteiger partial charge on any atom is -0.299 e. The first-order valence-corrected chi connectivity index (χ1v) is 5.48. The first kappa shape index (κ1) is 10.6. The van der Waals surface area contributed by atoms with Crippen LogP contribution in [0.5, 0.6) is 0 Å². The Labute approximate surface area is 90.7 Å². The fraction of sp³-hybridized carbons (Fsp3) is 0.692. The van der Waals surface area contributed by atoms with Gasteiger partial charge in [0.1, 0.15) is 5.78 Å². The maximum Gasteiger partial charge on any atom is 0.156 e. The predicted octanol–water partition coefficient (Wildman–Crippen LogP) is 2.53. The van der Waals surface area contributed by atoms with Crippen LogP contribution in [-0.4, -0.2) is 11.6 Å². The van der Waals surface area contributed by atoms with Crippen molar-refractivity contribution in [1.82, 2.24) is 0 Å². The third-order valence-electron chi connectivity index (χ3n) is 5.03. The molecule has 0 aliphatic heterocycles. The Morgan fingerprint density at radius 3 is 2.27 bits per heavy atom. The Bertz CT molecular complexity index is 378. The number of carbonyl (C=O) groups is 2. The van der Waals surface area contributed by atoms with Crippen LogP contribution in [-0.2, 0) is 9.59 Å². The minimum absolute atomic E-state index is 0.137. The summed E-state index contributed by atoms with van der Waals surface area (Å²) < 4.78 is 0. The summed E-state index contributed by atoms with van der Waals surface area (Å²) in [5.74, 6) is 0.435. The van der Waals surface area contributed by atoms with E-state index in [4.69, 9.17) is 0 Å². The second-order valence-corrected chi connectivity index (χ2v) is 5.95. The maximum atomic E-state index is 12.0. The van der Waals surface area contributed by atoms with Gasteiger partial charge in [-0.2, -0.15) is 0 Å². The molecule has 0 spiro atoms. The highest BCUT2D eigenvalue weighted by atomic mass is 16.1. The van der Waals surface area contributed by atoms with Gasteiger partial charge in [0.15, 0.2) is 5.78 Å². The van der Waals surface area contributed by atoms with E-state index in [0.717, 1.165) is 0 Å². The number of rotatable bonds is 0. The highest BCUT2D eigenvalue weighted by Crippen LogP contribution is 2.64. The van der Waals surface area contributed by atoms with Gasteiger partial charge < -0.3 is 0 Å². The molecule has 2 rings (SSSR count). The largest absolute Gasteiger partial charge is 0.299 e. The number of ketones is 2. The van der Waals surface area contributed by atoms with E-state index in [1.54, 1.807) is 6.08 Å². The van der Waals surface area contributed by atoms with Crippen molar-refractivity contribution in [2.24, 2.45) is 16.2 Å². The van der Waals surface area contributed by atoms with E-state index in [-0.39, 0.29) is 27.8 Å². The molecule has 0 radical (unpaired) electrons. The molecular formula is C13H18O2. The third-order valence-corrected chi connectivity index (χ3v) is 5.03. The number of hydrogen-bond donors (Lipinski definition) is 0. The normalized spacial score (nSPS) is 43.2. The quantitative estimate of drug-likeness (QED) is 0.610. The fourth-order valence-corrected chi connectivity index (χ4v) is 3.12. The smallest absolute Gasteiger partial charge is 0.156 e. The molecule has 2 aliphatic rings. The number of Topliss-reactive ketones (excluding diaryl/α,β-unsaturated/α-hetero) is 1. The summed E-state index contributed by atoms with van der Waals surface area (Å²) in [6.07, 6.45) is 4.67. The molecule has 0 amide bonds. The summed E-state index contributed by atoms with van der Waals surface area (Å²) in [6, 6.07) is 0. The summed E-state index contributed by atoms with van der Waals surface area (Å²) in [7, 11) is 0. The Kier molecular flexibility index (Phi) is 1.84. The van der Waals surface area contributed by atoms with Crippen molar-refractivity contribution in [3.63, 3.8) is 0 Å². The maximum absolute atomic E-state index is 12.0. The van der Waals surface area contributed by atoms with Crippen LogP contribution in [0, 0.1) is 16.2 Å². The van der Waals surface area contributed by atoms with Crippen LogP contribution < -0.4 is 0 Å². The van der Waals surface area contributed by atoms with E-state index in [0.29, 0.717) is 12.8 Å². The van der Waals surface area contributed by atoms with E-state index in [9.17, 15) is 9.59 Å². The molecule has 0 heterocycles. The summed E-state index contributed by atoms with van der Waals surface area (Å²) in [5.41, 5.74) is -0.743. The molecule has 1 saturated carbocycles. The standard InChI is InChI=1S/C13H18O2/c1-11(2)10(15)8-12(3)6-5-9(14)7-13(11,12)4/h5-6H,7-8H2,1-4H3/t12-,13+/m1/s1. The van der Waals surface area contributed by atoms with E-state index in [2.05, 4.69) is 13.8 Å². The topological polar surface area (TPSA) is 34.1 Å². The Hall–Kier alpha value is -0.920.